The van der Waals surface area contributed by atoms with E-state index in [1.54, 1.807) is 6.08 Å². The lowest BCUT2D eigenvalue weighted by Gasteiger charge is -2.29. The maximum absolute atomic E-state index is 12.6. The SMILES string of the molecule is CCCCCCCCCCCCCCCC/C=C/[C@@H](O)[C@H](COP(=O)([O-])OCC[N+](C)(C)C)NC(=O)CCCCCCCCC. The van der Waals surface area contributed by atoms with Gasteiger partial charge in [-0.2, -0.15) is 0 Å². The van der Waals surface area contributed by atoms with Crippen molar-refractivity contribution in [3.05, 3.63) is 12.2 Å². The summed E-state index contributed by atoms with van der Waals surface area (Å²) in [5, 5.41) is 13.6. The fourth-order valence-corrected chi connectivity index (χ4v) is 5.93. The molecule has 0 fully saturated rings. The first-order valence-corrected chi connectivity index (χ1v) is 20.0. The second-order valence-electron chi connectivity index (χ2n) is 13.9. The third kappa shape index (κ3) is 31.6. The highest BCUT2D eigenvalue weighted by atomic mass is 31.2. The van der Waals surface area contributed by atoms with Gasteiger partial charge in [-0.1, -0.05) is 148 Å². The Morgan fingerprint density at radius 3 is 1.67 bits per heavy atom. The van der Waals surface area contributed by atoms with Crippen molar-refractivity contribution in [3.8, 4) is 0 Å². The number of phosphoric ester groups is 1. The molecule has 0 heterocycles. The number of nitrogens with zero attached hydrogens (tertiary/aromatic N) is 1. The molecular formula is C36H73N2O6P. The zero-order valence-electron chi connectivity index (χ0n) is 30.1. The van der Waals surface area contributed by atoms with Crippen LogP contribution in [0.3, 0.4) is 0 Å². The Labute approximate surface area is 278 Å². The van der Waals surface area contributed by atoms with Crippen LogP contribution in [0.4, 0.5) is 0 Å². The van der Waals surface area contributed by atoms with Crippen LogP contribution in [0.5, 0.6) is 0 Å². The molecule has 0 aromatic carbocycles. The van der Waals surface area contributed by atoms with E-state index in [-0.39, 0.29) is 19.1 Å². The Hall–Kier alpha value is -0.760. The summed E-state index contributed by atoms with van der Waals surface area (Å²) in [6.45, 7) is 4.58. The summed E-state index contributed by atoms with van der Waals surface area (Å²) in [4.78, 5) is 25.0. The number of aliphatic hydroxyl groups is 1. The van der Waals surface area contributed by atoms with Crippen molar-refractivity contribution < 1.29 is 32.9 Å². The van der Waals surface area contributed by atoms with E-state index in [0.717, 1.165) is 38.5 Å². The Kier molecular flexibility index (Phi) is 28.9. The molecule has 45 heavy (non-hydrogen) atoms. The first kappa shape index (κ1) is 44.2. The first-order valence-electron chi connectivity index (χ1n) is 18.6. The fraction of sp³-hybridized carbons (Fsp3) is 0.917. The fourth-order valence-electron chi connectivity index (χ4n) is 5.21. The lowest BCUT2D eigenvalue weighted by molar-refractivity contribution is -0.870. The number of aliphatic hydroxyl groups excluding tert-OH is 1. The van der Waals surface area contributed by atoms with Crippen LogP contribution in [0.1, 0.15) is 162 Å². The topological polar surface area (TPSA) is 108 Å². The normalized spacial score (nSPS) is 14.9. The molecule has 0 rings (SSSR count). The van der Waals surface area contributed by atoms with Crippen LogP contribution in [0, 0.1) is 0 Å². The summed E-state index contributed by atoms with van der Waals surface area (Å²) in [6.07, 6.45) is 29.8. The maximum Gasteiger partial charge on any atom is 0.268 e. The lowest BCUT2D eigenvalue weighted by Crippen LogP contribution is -2.45. The molecule has 0 aliphatic heterocycles. The number of hydrogen-bond donors (Lipinski definition) is 2. The molecular weight excluding hydrogens is 587 g/mol. The van der Waals surface area contributed by atoms with Gasteiger partial charge >= 0.3 is 0 Å². The van der Waals surface area contributed by atoms with E-state index in [1.807, 2.05) is 27.2 Å². The number of nitrogens with one attached hydrogen (secondary N) is 1. The van der Waals surface area contributed by atoms with Crippen LogP contribution in [0.15, 0.2) is 12.2 Å². The average Bonchev–Trinajstić information content (AvgIpc) is 2.97. The van der Waals surface area contributed by atoms with E-state index >= 15 is 0 Å². The zero-order chi connectivity index (χ0) is 33.7. The molecule has 8 nitrogen and oxygen atoms in total. The highest BCUT2D eigenvalue weighted by Gasteiger charge is 2.23. The van der Waals surface area contributed by atoms with Crippen LogP contribution in [0.25, 0.3) is 0 Å². The summed E-state index contributed by atoms with van der Waals surface area (Å²) in [5.74, 6) is -0.205. The predicted octanol–water partition coefficient (Wildman–Crippen LogP) is 8.61. The summed E-state index contributed by atoms with van der Waals surface area (Å²) in [7, 11) is 1.26. The number of allylic oxidation sites excluding steroid dienone is 1. The Morgan fingerprint density at radius 1 is 0.756 bits per heavy atom. The highest BCUT2D eigenvalue weighted by Crippen LogP contribution is 2.38. The van der Waals surface area contributed by atoms with Gasteiger partial charge in [-0.15, -0.1) is 0 Å². The quantitative estimate of drug-likeness (QED) is 0.0316. The van der Waals surface area contributed by atoms with Gasteiger partial charge in [0.25, 0.3) is 7.82 Å². The number of likely N-dealkylation sites (N-methyl/N-ethyl adjacent to an activating group) is 1. The van der Waals surface area contributed by atoms with Gasteiger partial charge in [0.1, 0.15) is 13.2 Å². The van der Waals surface area contributed by atoms with E-state index in [2.05, 4.69) is 19.2 Å². The average molecular weight is 661 g/mol. The summed E-state index contributed by atoms with van der Waals surface area (Å²) in [6, 6.07) is -0.876. The Bertz CT molecular complexity index is 758. The lowest BCUT2D eigenvalue weighted by atomic mass is 10.0. The molecule has 2 N–H and O–H groups in total. The van der Waals surface area contributed by atoms with E-state index in [1.165, 1.54) is 103 Å². The molecule has 0 aliphatic rings. The molecule has 3 atom stereocenters. The minimum Gasteiger partial charge on any atom is -0.756 e. The van der Waals surface area contributed by atoms with E-state index in [9.17, 15) is 19.4 Å². The molecule has 0 spiro atoms. The largest absolute Gasteiger partial charge is 0.756 e. The second kappa shape index (κ2) is 29.4. The van der Waals surface area contributed by atoms with Gasteiger partial charge in [-0.25, -0.2) is 0 Å². The molecule has 0 saturated heterocycles. The van der Waals surface area contributed by atoms with Crippen LogP contribution < -0.4 is 10.2 Å². The molecule has 1 amide bonds. The van der Waals surface area contributed by atoms with Gasteiger partial charge in [0.2, 0.25) is 5.91 Å². The Balaban J connectivity index is 4.46. The Morgan fingerprint density at radius 2 is 1.20 bits per heavy atom. The second-order valence-corrected chi connectivity index (χ2v) is 15.3. The van der Waals surface area contributed by atoms with Crippen LogP contribution in [-0.2, 0) is 18.4 Å². The van der Waals surface area contributed by atoms with Crippen molar-refractivity contribution in [3.63, 3.8) is 0 Å². The van der Waals surface area contributed by atoms with Crippen LogP contribution in [-0.4, -0.2) is 68.5 Å². The summed E-state index contributed by atoms with van der Waals surface area (Å²) < 4.78 is 23.0. The van der Waals surface area contributed by atoms with Gasteiger partial charge < -0.3 is 28.8 Å². The zero-order valence-corrected chi connectivity index (χ0v) is 31.0. The number of amides is 1. The summed E-state index contributed by atoms with van der Waals surface area (Å²) >= 11 is 0. The third-order valence-corrected chi connectivity index (χ3v) is 9.21. The van der Waals surface area contributed by atoms with Crippen LogP contribution in [0.2, 0.25) is 0 Å². The van der Waals surface area contributed by atoms with Gasteiger partial charge in [0.15, 0.2) is 0 Å². The molecule has 9 heteroatoms. The number of unbranched alkanes of at least 4 members (excludes halogenated alkanes) is 20. The predicted molar refractivity (Wildman–Crippen MR) is 187 cm³/mol. The minimum atomic E-state index is -4.57. The highest BCUT2D eigenvalue weighted by molar-refractivity contribution is 7.45. The van der Waals surface area contributed by atoms with Gasteiger partial charge in [0, 0.05) is 6.42 Å². The smallest absolute Gasteiger partial charge is 0.268 e. The number of hydrogen-bond acceptors (Lipinski definition) is 6. The number of carbonyl (C=O) groups excluding carboxylic acids is 1. The molecule has 0 aromatic rings. The van der Waals surface area contributed by atoms with Crippen molar-refractivity contribution in [1.29, 1.82) is 0 Å². The van der Waals surface area contributed by atoms with Crippen molar-refractivity contribution in [2.24, 2.45) is 0 Å². The number of rotatable bonds is 33. The molecule has 0 aliphatic carbocycles. The van der Waals surface area contributed by atoms with E-state index in [0.29, 0.717) is 17.4 Å². The number of phosphoric acid groups is 1. The summed E-state index contributed by atoms with van der Waals surface area (Å²) in [5.41, 5.74) is 0. The van der Waals surface area contributed by atoms with Gasteiger partial charge in [-0.05, 0) is 19.3 Å². The van der Waals surface area contributed by atoms with E-state index in [4.69, 9.17) is 9.05 Å². The van der Waals surface area contributed by atoms with Gasteiger partial charge in [-0.3, -0.25) is 9.36 Å². The molecule has 1 unspecified atom stereocenters. The molecule has 0 radical (unpaired) electrons. The van der Waals surface area contributed by atoms with Gasteiger partial charge in [0.05, 0.1) is 39.9 Å². The minimum absolute atomic E-state index is 0.00120. The van der Waals surface area contributed by atoms with Crippen molar-refractivity contribution in [2.75, 3.05) is 40.9 Å². The van der Waals surface area contributed by atoms with Crippen molar-refractivity contribution >= 4 is 13.7 Å². The van der Waals surface area contributed by atoms with Crippen molar-refractivity contribution in [2.45, 2.75) is 174 Å². The monoisotopic (exact) mass is 661 g/mol. The maximum atomic E-state index is 12.6. The molecule has 0 aromatic heterocycles. The number of carbonyl (C=O) groups is 1. The molecule has 0 saturated carbocycles. The number of quaternary nitrogens is 1. The molecule has 0 bridgehead atoms. The van der Waals surface area contributed by atoms with Crippen molar-refractivity contribution in [1.82, 2.24) is 5.32 Å². The first-order chi connectivity index (χ1) is 21.5. The van der Waals surface area contributed by atoms with Crippen LogP contribution >= 0.6 is 7.82 Å². The third-order valence-electron chi connectivity index (χ3n) is 8.25. The van der Waals surface area contributed by atoms with E-state index < -0.39 is 20.0 Å². The standard InChI is InChI=1S/C36H73N2O6P/c1-6-8-10-12-14-15-16-17-18-19-20-21-22-24-25-27-29-35(39)34(33-44-45(41,42)43-32-31-38(3,4)5)37-36(40)30-28-26-23-13-11-9-7-2/h27,29,34-35,39H,6-26,28,30-33H2,1-5H3,(H-,37,40,41,42)/b29-27+/t34-,35+/m0/s1. The molecule has 268 valence electrons.